The minimum atomic E-state index is -1.27. The molecule has 6 nitrogen and oxygen atoms in total. The van der Waals surface area contributed by atoms with Crippen molar-refractivity contribution in [3.05, 3.63) is 53.9 Å². The number of amides is 1. The largest absolute Gasteiger partial charge is 0.481 e. The predicted molar refractivity (Wildman–Crippen MR) is 74.4 cm³/mol. The number of hydrogen-bond donors (Lipinski definition) is 2. The van der Waals surface area contributed by atoms with E-state index in [0.717, 1.165) is 0 Å². The van der Waals surface area contributed by atoms with Gasteiger partial charge in [0.1, 0.15) is 12.0 Å². The number of rotatable bonds is 6. The third-order valence-electron chi connectivity index (χ3n) is 3.35. The Morgan fingerprint density at radius 2 is 2.00 bits per heavy atom. The topological polar surface area (TPSA) is 92.4 Å². The molecule has 1 amide bonds. The van der Waals surface area contributed by atoms with Gasteiger partial charge in [-0.1, -0.05) is 35.5 Å². The SMILES string of the molecule is CC(CC(=O)NCc1ccon1)(C(=O)O)c1ccccc1. The molecule has 0 saturated heterocycles. The Morgan fingerprint density at radius 1 is 1.29 bits per heavy atom. The van der Waals surface area contributed by atoms with E-state index in [1.54, 1.807) is 43.3 Å². The van der Waals surface area contributed by atoms with Crippen LogP contribution < -0.4 is 5.32 Å². The van der Waals surface area contributed by atoms with Gasteiger partial charge in [-0.15, -0.1) is 0 Å². The van der Waals surface area contributed by atoms with Gasteiger partial charge in [0.05, 0.1) is 12.0 Å². The van der Waals surface area contributed by atoms with Crippen LogP contribution in [0.4, 0.5) is 0 Å². The molecule has 0 aliphatic carbocycles. The third kappa shape index (κ3) is 3.47. The number of nitrogens with zero attached hydrogens (tertiary/aromatic N) is 1. The summed E-state index contributed by atoms with van der Waals surface area (Å²) in [5.41, 5.74) is -0.0935. The van der Waals surface area contributed by atoms with Gasteiger partial charge in [-0.2, -0.15) is 0 Å². The molecule has 0 radical (unpaired) electrons. The van der Waals surface area contributed by atoms with Crippen molar-refractivity contribution >= 4 is 11.9 Å². The molecule has 110 valence electrons. The molecular formula is C15H16N2O4. The van der Waals surface area contributed by atoms with Gasteiger partial charge in [0.2, 0.25) is 5.91 Å². The van der Waals surface area contributed by atoms with Crippen molar-refractivity contribution in [2.45, 2.75) is 25.3 Å². The van der Waals surface area contributed by atoms with E-state index >= 15 is 0 Å². The van der Waals surface area contributed by atoms with Crippen molar-refractivity contribution in [3.63, 3.8) is 0 Å². The molecule has 0 saturated carbocycles. The Labute approximate surface area is 121 Å². The maximum Gasteiger partial charge on any atom is 0.314 e. The first-order chi connectivity index (χ1) is 10.0. The minimum Gasteiger partial charge on any atom is -0.481 e. The summed E-state index contributed by atoms with van der Waals surface area (Å²) in [6.45, 7) is 1.75. The number of aliphatic carboxylic acids is 1. The maximum atomic E-state index is 12.0. The van der Waals surface area contributed by atoms with Crippen molar-refractivity contribution < 1.29 is 19.2 Å². The van der Waals surface area contributed by atoms with Crippen LogP contribution in [0.5, 0.6) is 0 Å². The van der Waals surface area contributed by atoms with Crippen molar-refractivity contribution in [3.8, 4) is 0 Å². The standard InChI is InChI=1S/C15H16N2O4/c1-15(14(19)20,11-5-3-2-4-6-11)9-13(18)16-10-12-7-8-21-17-12/h2-8H,9-10H2,1H3,(H,16,18)(H,19,20). The monoisotopic (exact) mass is 288 g/mol. The average Bonchev–Trinajstić information content (AvgIpc) is 2.99. The lowest BCUT2D eigenvalue weighted by atomic mass is 9.79. The first-order valence-electron chi connectivity index (χ1n) is 6.47. The Hall–Kier alpha value is -2.63. The van der Waals surface area contributed by atoms with E-state index in [1.165, 1.54) is 6.26 Å². The number of carboxylic acids is 1. The molecular weight excluding hydrogens is 272 g/mol. The van der Waals surface area contributed by atoms with Gasteiger partial charge in [-0.05, 0) is 12.5 Å². The van der Waals surface area contributed by atoms with Crippen LogP contribution in [-0.4, -0.2) is 22.1 Å². The van der Waals surface area contributed by atoms with E-state index in [2.05, 4.69) is 15.0 Å². The second-order valence-corrected chi connectivity index (χ2v) is 4.95. The molecule has 1 aromatic heterocycles. The van der Waals surface area contributed by atoms with Gasteiger partial charge in [-0.3, -0.25) is 9.59 Å². The first kappa shape index (κ1) is 14.8. The Bertz CT molecular complexity index is 610. The molecule has 1 aromatic carbocycles. The summed E-state index contributed by atoms with van der Waals surface area (Å²) in [7, 11) is 0. The van der Waals surface area contributed by atoms with Crippen molar-refractivity contribution in [1.82, 2.24) is 10.5 Å². The number of carboxylic acid groups (broad SMARTS) is 1. The molecule has 0 fully saturated rings. The minimum absolute atomic E-state index is 0.149. The van der Waals surface area contributed by atoms with Crippen LogP contribution in [-0.2, 0) is 21.5 Å². The molecule has 21 heavy (non-hydrogen) atoms. The number of aromatic nitrogens is 1. The summed E-state index contributed by atoms with van der Waals surface area (Å²) in [5, 5.41) is 15.8. The van der Waals surface area contributed by atoms with Gasteiger partial charge in [0, 0.05) is 12.5 Å². The molecule has 2 aromatic rings. The van der Waals surface area contributed by atoms with Crippen LogP contribution in [0.25, 0.3) is 0 Å². The average molecular weight is 288 g/mol. The molecule has 2 N–H and O–H groups in total. The highest BCUT2D eigenvalue weighted by atomic mass is 16.5. The molecule has 0 aliphatic rings. The van der Waals surface area contributed by atoms with Crippen LogP contribution in [0.15, 0.2) is 47.2 Å². The molecule has 0 aliphatic heterocycles. The van der Waals surface area contributed by atoms with Gasteiger partial charge in [0.15, 0.2) is 0 Å². The van der Waals surface area contributed by atoms with Crippen LogP contribution >= 0.6 is 0 Å². The lowest BCUT2D eigenvalue weighted by Gasteiger charge is -2.24. The van der Waals surface area contributed by atoms with Crippen molar-refractivity contribution in [2.24, 2.45) is 0 Å². The first-order valence-corrected chi connectivity index (χ1v) is 6.47. The molecule has 1 atom stereocenters. The smallest absolute Gasteiger partial charge is 0.314 e. The number of nitrogens with one attached hydrogen (secondary N) is 1. The van der Waals surface area contributed by atoms with E-state index in [4.69, 9.17) is 0 Å². The Kier molecular flexibility index (Phi) is 4.37. The third-order valence-corrected chi connectivity index (χ3v) is 3.35. The zero-order valence-corrected chi connectivity index (χ0v) is 11.6. The lowest BCUT2D eigenvalue weighted by Crippen LogP contribution is -2.38. The van der Waals surface area contributed by atoms with Gasteiger partial charge in [0.25, 0.3) is 0 Å². The molecule has 6 heteroatoms. The van der Waals surface area contributed by atoms with Crippen LogP contribution in [0.2, 0.25) is 0 Å². The van der Waals surface area contributed by atoms with Crippen LogP contribution in [0.3, 0.4) is 0 Å². The Balaban J connectivity index is 2.06. The lowest BCUT2D eigenvalue weighted by molar-refractivity contribution is -0.145. The van der Waals surface area contributed by atoms with Gasteiger partial charge >= 0.3 is 5.97 Å². The highest BCUT2D eigenvalue weighted by molar-refractivity contribution is 5.89. The summed E-state index contributed by atoms with van der Waals surface area (Å²) < 4.78 is 4.66. The zero-order valence-electron chi connectivity index (χ0n) is 11.6. The number of hydrogen-bond acceptors (Lipinski definition) is 4. The molecule has 0 bridgehead atoms. The highest BCUT2D eigenvalue weighted by Gasteiger charge is 2.37. The van der Waals surface area contributed by atoms with Crippen molar-refractivity contribution in [2.75, 3.05) is 0 Å². The van der Waals surface area contributed by atoms with Crippen LogP contribution in [0, 0.1) is 0 Å². The summed E-state index contributed by atoms with van der Waals surface area (Å²) in [6.07, 6.45) is 1.26. The second kappa shape index (κ2) is 6.21. The molecule has 0 spiro atoms. The number of carbonyl (C=O) groups is 2. The summed E-state index contributed by atoms with van der Waals surface area (Å²) in [6, 6.07) is 10.4. The van der Waals surface area contributed by atoms with E-state index in [0.29, 0.717) is 11.3 Å². The fourth-order valence-electron chi connectivity index (χ4n) is 2.01. The normalized spacial score (nSPS) is 13.4. The maximum absolute atomic E-state index is 12.0. The second-order valence-electron chi connectivity index (χ2n) is 4.95. The number of carbonyl (C=O) groups excluding carboxylic acids is 1. The predicted octanol–water partition coefficient (Wildman–Crippen LogP) is 1.72. The van der Waals surface area contributed by atoms with Gasteiger partial charge < -0.3 is 14.9 Å². The number of benzene rings is 1. The molecule has 1 heterocycles. The fraction of sp³-hybridized carbons (Fsp3) is 0.267. The van der Waals surface area contributed by atoms with E-state index < -0.39 is 11.4 Å². The van der Waals surface area contributed by atoms with Crippen molar-refractivity contribution in [1.29, 1.82) is 0 Å². The van der Waals surface area contributed by atoms with Crippen LogP contribution in [0.1, 0.15) is 24.6 Å². The van der Waals surface area contributed by atoms with E-state index in [-0.39, 0.29) is 18.9 Å². The fourth-order valence-corrected chi connectivity index (χ4v) is 2.01. The quantitative estimate of drug-likeness (QED) is 0.844. The Morgan fingerprint density at radius 3 is 2.57 bits per heavy atom. The van der Waals surface area contributed by atoms with E-state index in [9.17, 15) is 14.7 Å². The molecule has 1 unspecified atom stereocenters. The zero-order chi connectivity index (χ0) is 15.3. The molecule has 2 rings (SSSR count). The summed E-state index contributed by atoms with van der Waals surface area (Å²) >= 11 is 0. The van der Waals surface area contributed by atoms with E-state index in [1.807, 2.05) is 0 Å². The van der Waals surface area contributed by atoms with Gasteiger partial charge in [-0.25, -0.2) is 0 Å². The highest BCUT2D eigenvalue weighted by Crippen LogP contribution is 2.27. The summed E-state index contributed by atoms with van der Waals surface area (Å²) in [5.74, 6) is -1.39. The summed E-state index contributed by atoms with van der Waals surface area (Å²) in [4.78, 5) is 23.6.